The number of hydrazone groups is 1. The van der Waals surface area contributed by atoms with Crippen LogP contribution in [0, 0.1) is 0 Å². The van der Waals surface area contributed by atoms with Crippen LogP contribution in [0.2, 0.25) is 5.02 Å². The molecule has 37 heavy (non-hydrogen) atoms. The number of hydrogen-bond donors (Lipinski definition) is 2. The van der Waals surface area contributed by atoms with Crippen molar-refractivity contribution in [2.24, 2.45) is 5.10 Å². The molecule has 1 heterocycles. The molecule has 1 atom stereocenters. The minimum atomic E-state index is -0.457. The number of carbonyl (C=O) groups excluding carboxylic acids is 1. The molecule has 2 N–H and O–H groups in total. The van der Waals surface area contributed by atoms with Crippen LogP contribution in [-0.2, 0) is 11.3 Å². The summed E-state index contributed by atoms with van der Waals surface area (Å²) in [4.78, 5) is 12.7. The number of amides is 1. The van der Waals surface area contributed by atoms with Crippen LogP contribution in [0.25, 0.3) is 5.69 Å². The molecule has 0 bridgehead atoms. The van der Waals surface area contributed by atoms with E-state index in [1.807, 2.05) is 78.2 Å². The maximum atomic E-state index is 12.7. The van der Waals surface area contributed by atoms with Gasteiger partial charge in [-0.1, -0.05) is 53.7 Å². The predicted octanol–water partition coefficient (Wildman–Crippen LogP) is 5.56. The molecule has 0 aliphatic rings. The minimum Gasteiger partial charge on any atom is -0.494 e. The molecule has 0 saturated carbocycles. The molecule has 3 aromatic carbocycles. The Morgan fingerprint density at radius 2 is 1.81 bits per heavy atom. The van der Waals surface area contributed by atoms with Crippen LogP contribution in [0.1, 0.15) is 25.2 Å². The number of carbonyl (C=O) groups is 1. The molecule has 0 radical (unpaired) electrons. The monoisotopic (exact) mass is 534 g/mol. The summed E-state index contributed by atoms with van der Waals surface area (Å²) in [6, 6.07) is 24.8. The normalized spacial score (nSPS) is 11.9. The number of para-hydroxylation sites is 1. The second-order valence-corrected chi connectivity index (χ2v) is 9.67. The highest BCUT2D eigenvalue weighted by Crippen LogP contribution is 2.26. The smallest absolute Gasteiger partial charge is 0.253 e. The summed E-state index contributed by atoms with van der Waals surface area (Å²) in [7, 11) is 0. The highest BCUT2D eigenvalue weighted by atomic mass is 35.5. The Labute approximate surface area is 225 Å². The van der Waals surface area contributed by atoms with Gasteiger partial charge in [-0.25, -0.2) is 5.43 Å². The van der Waals surface area contributed by atoms with Crippen molar-refractivity contribution in [3.05, 3.63) is 95.3 Å². The van der Waals surface area contributed by atoms with Gasteiger partial charge < -0.3 is 10.1 Å². The van der Waals surface area contributed by atoms with Crippen molar-refractivity contribution < 1.29 is 9.53 Å². The van der Waals surface area contributed by atoms with Gasteiger partial charge in [0.1, 0.15) is 5.75 Å². The average Bonchev–Trinajstić information content (AvgIpc) is 3.32. The quantitative estimate of drug-likeness (QED) is 0.149. The van der Waals surface area contributed by atoms with E-state index in [1.54, 1.807) is 25.3 Å². The van der Waals surface area contributed by atoms with Crippen LogP contribution in [0.5, 0.6) is 5.75 Å². The van der Waals surface area contributed by atoms with Gasteiger partial charge in [-0.3, -0.25) is 9.36 Å². The first-order valence-corrected chi connectivity index (χ1v) is 13.0. The molecule has 0 fully saturated rings. The van der Waals surface area contributed by atoms with Crippen LogP contribution in [0.3, 0.4) is 0 Å². The van der Waals surface area contributed by atoms with E-state index in [0.29, 0.717) is 23.3 Å². The lowest BCUT2D eigenvalue weighted by molar-refractivity contribution is -0.120. The van der Waals surface area contributed by atoms with Crippen molar-refractivity contribution in [2.45, 2.75) is 30.8 Å². The number of ether oxygens (including phenoxy) is 1. The average molecular weight is 535 g/mol. The first-order valence-electron chi connectivity index (χ1n) is 11.7. The van der Waals surface area contributed by atoms with E-state index in [2.05, 4.69) is 26.0 Å². The lowest BCUT2D eigenvalue weighted by Crippen LogP contribution is -2.27. The standard InChI is InChI=1S/C27H27ClN6O2S/c1-3-36-24-15-13-22(14-16-24)29-18-25-31-33-27(34(25)23-7-5-4-6-8-23)37-19(2)26(35)32-30-17-20-9-11-21(28)12-10-20/h4-17,19,29H,3,18H2,1-2H3,(H,32,35)/b30-17-/t19-/m1/s1. The van der Waals surface area contributed by atoms with Crippen molar-refractivity contribution in [2.75, 3.05) is 11.9 Å². The Morgan fingerprint density at radius 3 is 2.51 bits per heavy atom. The fourth-order valence-corrected chi connectivity index (χ4v) is 4.37. The summed E-state index contributed by atoms with van der Waals surface area (Å²) < 4.78 is 7.46. The Bertz CT molecular complexity index is 1330. The van der Waals surface area contributed by atoms with Crippen LogP contribution >= 0.6 is 23.4 Å². The summed E-state index contributed by atoms with van der Waals surface area (Å²) in [5.74, 6) is 1.30. The van der Waals surface area contributed by atoms with Gasteiger partial charge >= 0.3 is 0 Å². The molecule has 1 aromatic heterocycles. The summed E-state index contributed by atoms with van der Waals surface area (Å²) in [5.41, 5.74) is 5.27. The van der Waals surface area contributed by atoms with Crippen LogP contribution in [0.15, 0.2) is 89.1 Å². The fourth-order valence-electron chi connectivity index (χ4n) is 3.37. The fraction of sp³-hybridized carbons (Fsp3) is 0.185. The predicted molar refractivity (Wildman–Crippen MR) is 149 cm³/mol. The van der Waals surface area contributed by atoms with Gasteiger partial charge in [0.15, 0.2) is 11.0 Å². The minimum absolute atomic E-state index is 0.244. The number of rotatable bonds is 11. The van der Waals surface area contributed by atoms with Crippen molar-refractivity contribution in [1.29, 1.82) is 0 Å². The molecule has 4 aromatic rings. The molecular weight excluding hydrogens is 508 g/mol. The van der Waals surface area contributed by atoms with Gasteiger partial charge in [0, 0.05) is 16.4 Å². The third-order valence-electron chi connectivity index (χ3n) is 5.24. The molecule has 190 valence electrons. The van der Waals surface area contributed by atoms with Crippen LogP contribution in [-0.4, -0.2) is 38.7 Å². The maximum Gasteiger partial charge on any atom is 0.253 e. The highest BCUT2D eigenvalue weighted by molar-refractivity contribution is 8.00. The number of halogens is 1. The third-order valence-corrected chi connectivity index (χ3v) is 6.54. The molecule has 0 aliphatic carbocycles. The second kappa shape index (κ2) is 12.9. The number of anilines is 1. The Balaban J connectivity index is 1.45. The highest BCUT2D eigenvalue weighted by Gasteiger charge is 2.21. The first-order chi connectivity index (χ1) is 18.0. The maximum absolute atomic E-state index is 12.7. The number of benzene rings is 3. The largest absolute Gasteiger partial charge is 0.494 e. The summed E-state index contributed by atoms with van der Waals surface area (Å²) in [6.07, 6.45) is 1.57. The summed E-state index contributed by atoms with van der Waals surface area (Å²) in [6.45, 7) is 4.83. The number of aromatic nitrogens is 3. The van der Waals surface area contributed by atoms with E-state index in [1.165, 1.54) is 11.8 Å². The lowest BCUT2D eigenvalue weighted by Gasteiger charge is -2.13. The molecule has 0 saturated heterocycles. The lowest BCUT2D eigenvalue weighted by atomic mass is 10.2. The Morgan fingerprint density at radius 1 is 1.08 bits per heavy atom. The van der Waals surface area contributed by atoms with Crippen molar-refractivity contribution in [1.82, 2.24) is 20.2 Å². The number of nitrogens with one attached hydrogen (secondary N) is 2. The molecule has 1 amide bonds. The zero-order valence-corrected chi connectivity index (χ0v) is 22.0. The topological polar surface area (TPSA) is 93.4 Å². The van der Waals surface area contributed by atoms with Crippen molar-refractivity contribution in [3.8, 4) is 11.4 Å². The molecule has 10 heteroatoms. The zero-order valence-electron chi connectivity index (χ0n) is 20.5. The van der Waals surface area contributed by atoms with Gasteiger partial charge in [0.2, 0.25) is 0 Å². The van der Waals surface area contributed by atoms with Gasteiger partial charge in [-0.2, -0.15) is 5.10 Å². The second-order valence-electron chi connectivity index (χ2n) is 7.93. The Hall–Kier alpha value is -3.82. The van der Waals surface area contributed by atoms with E-state index in [0.717, 1.165) is 28.5 Å². The molecule has 0 unspecified atom stereocenters. The van der Waals surface area contributed by atoms with E-state index in [9.17, 15) is 4.79 Å². The molecule has 0 aliphatic heterocycles. The van der Waals surface area contributed by atoms with Gasteiger partial charge in [0.05, 0.1) is 24.6 Å². The molecule has 0 spiro atoms. The van der Waals surface area contributed by atoms with E-state index < -0.39 is 5.25 Å². The molecule has 4 rings (SSSR count). The number of hydrogen-bond acceptors (Lipinski definition) is 7. The summed E-state index contributed by atoms with van der Waals surface area (Å²) in [5, 5.41) is 17.0. The van der Waals surface area contributed by atoms with E-state index in [-0.39, 0.29) is 5.91 Å². The summed E-state index contributed by atoms with van der Waals surface area (Å²) >= 11 is 7.21. The molecule has 8 nitrogen and oxygen atoms in total. The van der Waals surface area contributed by atoms with Crippen LogP contribution < -0.4 is 15.5 Å². The third kappa shape index (κ3) is 7.34. The van der Waals surface area contributed by atoms with E-state index in [4.69, 9.17) is 16.3 Å². The van der Waals surface area contributed by atoms with Gasteiger partial charge in [0.25, 0.3) is 5.91 Å². The van der Waals surface area contributed by atoms with Crippen LogP contribution in [0.4, 0.5) is 5.69 Å². The Kier molecular flexibility index (Phi) is 9.18. The van der Waals surface area contributed by atoms with Gasteiger partial charge in [-0.15, -0.1) is 10.2 Å². The SMILES string of the molecule is CCOc1ccc(NCc2nnc(S[C@H](C)C(=O)N/N=C\c3ccc(Cl)cc3)n2-c2ccccc2)cc1. The first kappa shape index (κ1) is 26.2. The van der Waals surface area contributed by atoms with Crippen molar-refractivity contribution >= 4 is 41.2 Å². The molecular formula is C27H27ClN6O2S. The number of thioether (sulfide) groups is 1. The number of nitrogens with zero attached hydrogens (tertiary/aromatic N) is 4. The van der Waals surface area contributed by atoms with E-state index >= 15 is 0 Å². The zero-order chi connectivity index (χ0) is 26.0. The van der Waals surface area contributed by atoms with Crippen molar-refractivity contribution in [3.63, 3.8) is 0 Å². The van der Waals surface area contributed by atoms with Gasteiger partial charge in [-0.05, 0) is 67.9 Å².